The molecule has 114 valence electrons. The molecule has 0 saturated carbocycles. The molecule has 0 fully saturated rings. The summed E-state index contributed by atoms with van der Waals surface area (Å²) in [4.78, 5) is 22.4. The van der Waals surface area contributed by atoms with Crippen LogP contribution in [0.15, 0.2) is 27.4 Å². The molecule has 0 aliphatic rings. The van der Waals surface area contributed by atoms with E-state index < -0.39 is 10.7 Å². The van der Waals surface area contributed by atoms with E-state index in [1.54, 1.807) is 0 Å². The van der Waals surface area contributed by atoms with E-state index in [2.05, 4.69) is 36.7 Å². The summed E-state index contributed by atoms with van der Waals surface area (Å²) >= 11 is 3.47. The van der Waals surface area contributed by atoms with E-state index in [0.29, 0.717) is 17.6 Å². The number of alkyl halides is 1. The van der Waals surface area contributed by atoms with E-state index in [1.807, 2.05) is 0 Å². The van der Waals surface area contributed by atoms with Crippen molar-refractivity contribution in [3.8, 4) is 0 Å². The SMILES string of the molecule is CC(C)(C)C(CBr)Cn1c(=O)oc2ccc([N+](=O)[O-])cc21. The van der Waals surface area contributed by atoms with E-state index in [-0.39, 0.29) is 17.0 Å². The van der Waals surface area contributed by atoms with Crippen molar-refractivity contribution in [2.45, 2.75) is 27.3 Å². The molecule has 2 aromatic rings. The zero-order valence-electron chi connectivity index (χ0n) is 12.1. The smallest absolute Gasteiger partial charge is 0.408 e. The zero-order valence-corrected chi connectivity index (χ0v) is 13.7. The normalized spacial score (nSPS) is 13.5. The third-order valence-electron chi connectivity index (χ3n) is 3.68. The number of benzene rings is 1. The first kappa shape index (κ1) is 15.8. The summed E-state index contributed by atoms with van der Waals surface area (Å²) in [6.07, 6.45) is 0. The lowest BCUT2D eigenvalue weighted by Gasteiger charge is -2.29. The molecule has 1 aromatic heterocycles. The average molecular weight is 357 g/mol. The topological polar surface area (TPSA) is 78.3 Å². The van der Waals surface area contributed by atoms with Crippen molar-refractivity contribution in [1.82, 2.24) is 4.57 Å². The Morgan fingerprint density at radius 2 is 2.10 bits per heavy atom. The molecule has 0 radical (unpaired) electrons. The summed E-state index contributed by atoms with van der Waals surface area (Å²) in [6, 6.07) is 4.18. The number of nitro benzene ring substituents is 1. The molecule has 0 N–H and O–H groups in total. The van der Waals surface area contributed by atoms with Gasteiger partial charge in [-0.15, -0.1) is 0 Å². The van der Waals surface area contributed by atoms with E-state index in [9.17, 15) is 14.9 Å². The molecular formula is C14H17BrN2O4. The number of hydrogen-bond acceptors (Lipinski definition) is 4. The van der Waals surface area contributed by atoms with Crippen molar-refractivity contribution in [3.05, 3.63) is 38.9 Å². The number of halogens is 1. The predicted molar refractivity (Wildman–Crippen MR) is 83.9 cm³/mol. The first-order chi connectivity index (χ1) is 9.74. The van der Waals surface area contributed by atoms with Gasteiger partial charge >= 0.3 is 5.76 Å². The fraction of sp³-hybridized carbons (Fsp3) is 0.500. The molecule has 1 atom stereocenters. The van der Waals surface area contributed by atoms with Crippen LogP contribution in [-0.4, -0.2) is 14.8 Å². The number of hydrogen-bond donors (Lipinski definition) is 0. The van der Waals surface area contributed by atoms with Crippen LogP contribution in [-0.2, 0) is 6.54 Å². The molecule has 0 spiro atoms. The fourth-order valence-electron chi connectivity index (χ4n) is 2.11. The molecule has 6 nitrogen and oxygen atoms in total. The lowest BCUT2D eigenvalue weighted by atomic mass is 9.82. The lowest BCUT2D eigenvalue weighted by molar-refractivity contribution is -0.384. The van der Waals surface area contributed by atoms with Gasteiger partial charge in [-0.2, -0.15) is 0 Å². The molecule has 1 unspecified atom stereocenters. The molecular weight excluding hydrogens is 340 g/mol. The van der Waals surface area contributed by atoms with Crippen molar-refractivity contribution in [2.24, 2.45) is 11.3 Å². The van der Waals surface area contributed by atoms with Crippen LogP contribution in [0.3, 0.4) is 0 Å². The Kier molecular flexibility index (Phi) is 4.22. The number of nitrogens with zero attached hydrogens (tertiary/aromatic N) is 2. The summed E-state index contributed by atoms with van der Waals surface area (Å²) in [7, 11) is 0. The summed E-state index contributed by atoms with van der Waals surface area (Å²) in [5.41, 5.74) is 0.771. The van der Waals surface area contributed by atoms with Gasteiger partial charge in [-0.1, -0.05) is 36.7 Å². The van der Waals surface area contributed by atoms with E-state index in [1.165, 1.54) is 22.8 Å². The minimum atomic E-state index is -0.485. The molecule has 0 amide bonds. The Balaban J connectivity index is 2.52. The Morgan fingerprint density at radius 3 is 2.62 bits per heavy atom. The Bertz CT molecular complexity index is 727. The number of aromatic nitrogens is 1. The average Bonchev–Trinajstić information content (AvgIpc) is 2.69. The van der Waals surface area contributed by atoms with Gasteiger partial charge in [-0.05, 0) is 17.4 Å². The predicted octanol–water partition coefficient (Wildman–Crippen LogP) is 3.56. The van der Waals surface area contributed by atoms with Gasteiger partial charge in [-0.25, -0.2) is 4.79 Å². The second-order valence-electron chi connectivity index (χ2n) is 6.10. The summed E-state index contributed by atoms with van der Waals surface area (Å²) < 4.78 is 6.63. The zero-order chi connectivity index (χ0) is 15.8. The van der Waals surface area contributed by atoms with Gasteiger partial charge in [-0.3, -0.25) is 14.7 Å². The molecule has 2 rings (SSSR count). The van der Waals surface area contributed by atoms with Crippen LogP contribution in [0.25, 0.3) is 11.1 Å². The molecule has 21 heavy (non-hydrogen) atoms. The molecule has 0 bridgehead atoms. The molecule has 1 heterocycles. The largest absolute Gasteiger partial charge is 0.419 e. The van der Waals surface area contributed by atoms with E-state index >= 15 is 0 Å². The number of non-ortho nitro benzene ring substituents is 1. The van der Waals surface area contributed by atoms with Crippen LogP contribution in [0.4, 0.5) is 5.69 Å². The maximum Gasteiger partial charge on any atom is 0.419 e. The third-order valence-corrected chi connectivity index (χ3v) is 4.46. The van der Waals surface area contributed by atoms with Gasteiger partial charge < -0.3 is 4.42 Å². The van der Waals surface area contributed by atoms with Crippen LogP contribution in [0.5, 0.6) is 0 Å². The van der Waals surface area contributed by atoms with Gasteiger partial charge in [0.25, 0.3) is 5.69 Å². The highest BCUT2D eigenvalue weighted by Crippen LogP contribution is 2.30. The number of oxazole rings is 1. The van der Waals surface area contributed by atoms with Gasteiger partial charge in [0.05, 0.1) is 10.4 Å². The minimum absolute atomic E-state index is 0.00670. The minimum Gasteiger partial charge on any atom is -0.408 e. The monoisotopic (exact) mass is 356 g/mol. The molecule has 7 heteroatoms. The van der Waals surface area contributed by atoms with Crippen LogP contribution in [0, 0.1) is 21.4 Å². The van der Waals surface area contributed by atoms with Crippen LogP contribution < -0.4 is 5.76 Å². The highest BCUT2D eigenvalue weighted by Gasteiger charge is 2.26. The van der Waals surface area contributed by atoms with Crippen LogP contribution in [0.2, 0.25) is 0 Å². The first-order valence-corrected chi connectivity index (χ1v) is 7.70. The maximum absolute atomic E-state index is 12.0. The van der Waals surface area contributed by atoms with E-state index in [0.717, 1.165) is 5.33 Å². The molecule has 0 aliphatic carbocycles. The van der Waals surface area contributed by atoms with Crippen molar-refractivity contribution < 1.29 is 9.34 Å². The number of nitro groups is 1. The number of rotatable bonds is 4. The summed E-state index contributed by atoms with van der Waals surface area (Å²) in [6.45, 7) is 6.72. The lowest BCUT2D eigenvalue weighted by Crippen LogP contribution is -2.30. The Hall–Kier alpha value is -1.63. The van der Waals surface area contributed by atoms with Crippen LogP contribution >= 0.6 is 15.9 Å². The van der Waals surface area contributed by atoms with Gasteiger partial charge in [0.15, 0.2) is 5.58 Å². The van der Waals surface area contributed by atoms with Crippen LogP contribution in [0.1, 0.15) is 20.8 Å². The van der Waals surface area contributed by atoms with Crippen molar-refractivity contribution in [3.63, 3.8) is 0 Å². The first-order valence-electron chi connectivity index (χ1n) is 6.58. The summed E-state index contributed by atoms with van der Waals surface area (Å²) in [5, 5.41) is 11.6. The standard InChI is InChI=1S/C14H17BrN2O4/c1-14(2,3)9(7-15)8-16-11-6-10(17(19)20)4-5-12(11)21-13(16)18/h4-6,9H,7-8H2,1-3H3. The van der Waals surface area contributed by atoms with Crippen molar-refractivity contribution >= 4 is 32.7 Å². The second-order valence-corrected chi connectivity index (χ2v) is 6.75. The van der Waals surface area contributed by atoms with E-state index in [4.69, 9.17) is 4.42 Å². The molecule has 1 aromatic carbocycles. The van der Waals surface area contributed by atoms with Crippen molar-refractivity contribution in [1.29, 1.82) is 0 Å². The van der Waals surface area contributed by atoms with Crippen molar-refractivity contribution in [2.75, 3.05) is 5.33 Å². The second kappa shape index (κ2) is 5.63. The van der Waals surface area contributed by atoms with Gasteiger partial charge in [0.1, 0.15) is 0 Å². The number of fused-ring (bicyclic) bond motifs is 1. The molecule has 0 saturated heterocycles. The fourth-order valence-corrected chi connectivity index (χ4v) is 3.29. The highest BCUT2D eigenvalue weighted by molar-refractivity contribution is 9.09. The highest BCUT2D eigenvalue weighted by atomic mass is 79.9. The van der Waals surface area contributed by atoms with Gasteiger partial charge in [0, 0.05) is 24.0 Å². The Labute approximate surface area is 130 Å². The Morgan fingerprint density at radius 1 is 1.43 bits per heavy atom. The summed E-state index contributed by atoms with van der Waals surface area (Å²) in [5.74, 6) is -0.295. The molecule has 0 aliphatic heterocycles. The third kappa shape index (κ3) is 3.18. The quantitative estimate of drug-likeness (QED) is 0.476. The maximum atomic E-state index is 12.0. The van der Waals surface area contributed by atoms with Gasteiger partial charge in [0.2, 0.25) is 0 Å².